The molecule has 2 amide bonds. The number of nitrogens with zero attached hydrogens (tertiary/aromatic N) is 1. The Bertz CT molecular complexity index is 300. The number of para-hydroxylation sites is 1. The van der Waals surface area contributed by atoms with Crippen LogP contribution in [0.2, 0.25) is 0 Å². The lowest BCUT2D eigenvalue weighted by Gasteiger charge is -2.20. The topological polar surface area (TPSA) is 44.4 Å². The summed E-state index contributed by atoms with van der Waals surface area (Å²) in [4.78, 5) is 11.3. The standard InChI is InChI=1S/C11H17N3O/c1-3-9-12-11(15)13-14(2)10-7-5-4-6-8-10/h4-8H,3,9H2,1-2H3,(H2,12,13,15). The van der Waals surface area contributed by atoms with Gasteiger partial charge >= 0.3 is 6.03 Å². The van der Waals surface area contributed by atoms with E-state index in [0.717, 1.165) is 12.1 Å². The van der Waals surface area contributed by atoms with E-state index in [9.17, 15) is 4.79 Å². The maximum atomic E-state index is 11.3. The number of carbonyl (C=O) groups is 1. The Morgan fingerprint density at radius 3 is 2.60 bits per heavy atom. The summed E-state index contributed by atoms with van der Waals surface area (Å²) in [5, 5.41) is 4.43. The number of nitrogens with one attached hydrogen (secondary N) is 2. The molecule has 0 unspecified atom stereocenters. The van der Waals surface area contributed by atoms with Crippen molar-refractivity contribution < 1.29 is 4.79 Å². The minimum absolute atomic E-state index is 0.178. The van der Waals surface area contributed by atoms with E-state index in [-0.39, 0.29) is 6.03 Å². The number of amides is 2. The largest absolute Gasteiger partial charge is 0.337 e. The van der Waals surface area contributed by atoms with Gasteiger partial charge in [-0.2, -0.15) is 0 Å². The molecule has 1 aromatic rings. The summed E-state index contributed by atoms with van der Waals surface area (Å²) in [6, 6.07) is 9.48. The molecule has 1 rings (SSSR count). The molecule has 2 N–H and O–H groups in total. The molecular formula is C11H17N3O. The van der Waals surface area contributed by atoms with Crippen LogP contribution in [0.1, 0.15) is 13.3 Å². The number of benzene rings is 1. The van der Waals surface area contributed by atoms with Crippen LogP contribution in [0.5, 0.6) is 0 Å². The molecule has 1 aromatic carbocycles. The summed E-state index contributed by atoms with van der Waals surface area (Å²) >= 11 is 0. The molecule has 0 aliphatic heterocycles. The van der Waals surface area contributed by atoms with Crippen molar-refractivity contribution in [1.29, 1.82) is 0 Å². The zero-order valence-corrected chi connectivity index (χ0v) is 9.16. The van der Waals surface area contributed by atoms with Gasteiger partial charge < -0.3 is 5.32 Å². The zero-order chi connectivity index (χ0) is 11.1. The Morgan fingerprint density at radius 1 is 1.33 bits per heavy atom. The first kappa shape index (κ1) is 11.4. The fraction of sp³-hybridized carbons (Fsp3) is 0.364. The van der Waals surface area contributed by atoms with Crippen LogP contribution >= 0.6 is 0 Å². The monoisotopic (exact) mass is 207 g/mol. The second kappa shape index (κ2) is 5.90. The number of carbonyl (C=O) groups excluding carboxylic acids is 1. The normalized spacial score (nSPS) is 9.47. The SMILES string of the molecule is CCCNC(=O)NN(C)c1ccccc1. The van der Waals surface area contributed by atoms with Gasteiger partial charge in [0.25, 0.3) is 0 Å². The molecule has 4 nitrogen and oxygen atoms in total. The van der Waals surface area contributed by atoms with Gasteiger partial charge in [0.1, 0.15) is 0 Å². The first-order valence-corrected chi connectivity index (χ1v) is 5.07. The Labute approximate surface area is 90.2 Å². The van der Waals surface area contributed by atoms with Crippen molar-refractivity contribution in [2.45, 2.75) is 13.3 Å². The van der Waals surface area contributed by atoms with Gasteiger partial charge in [-0.15, -0.1) is 0 Å². The quantitative estimate of drug-likeness (QED) is 0.739. The molecule has 0 saturated carbocycles. The molecule has 0 aromatic heterocycles. The van der Waals surface area contributed by atoms with E-state index in [0.29, 0.717) is 6.54 Å². The molecular weight excluding hydrogens is 190 g/mol. The van der Waals surface area contributed by atoms with Crippen LogP contribution in [-0.4, -0.2) is 19.6 Å². The molecule has 0 radical (unpaired) electrons. The molecule has 4 heteroatoms. The fourth-order valence-electron chi connectivity index (χ4n) is 1.15. The molecule has 15 heavy (non-hydrogen) atoms. The van der Waals surface area contributed by atoms with Gasteiger partial charge in [0.2, 0.25) is 0 Å². The smallest absolute Gasteiger partial charge is 0.333 e. The summed E-state index contributed by atoms with van der Waals surface area (Å²) < 4.78 is 0. The Kier molecular flexibility index (Phi) is 4.47. The lowest BCUT2D eigenvalue weighted by atomic mass is 10.3. The Balaban J connectivity index is 2.42. The minimum atomic E-state index is -0.178. The Morgan fingerprint density at radius 2 is 2.00 bits per heavy atom. The highest BCUT2D eigenvalue weighted by atomic mass is 16.2. The van der Waals surface area contributed by atoms with E-state index < -0.39 is 0 Å². The van der Waals surface area contributed by atoms with E-state index >= 15 is 0 Å². The van der Waals surface area contributed by atoms with Crippen LogP contribution in [0.25, 0.3) is 0 Å². The van der Waals surface area contributed by atoms with Gasteiger partial charge in [0.15, 0.2) is 0 Å². The van der Waals surface area contributed by atoms with Crippen molar-refractivity contribution in [1.82, 2.24) is 10.7 Å². The van der Waals surface area contributed by atoms with Crippen molar-refractivity contribution in [3.63, 3.8) is 0 Å². The van der Waals surface area contributed by atoms with Crippen molar-refractivity contribution in [3.05, 3.63) is 30.3 Å². The van der Waals surface area contributed by atoms with Crippen LogP contribution in [0.15, 0.2) is 30.3 Å². The predicted molar refractivity (Wildman–Crippen MR) is 61.7 cm³/mol. The average molecular weight is 207 g/mol. The lowest BCUT2D eigenvalue weighted by Crippen LogP contribution is -2.45. The first-order chi connectivity index (χ1) is 7.24. The number of hydrazine groups is 1. The summed E-state index contributed by atoms with van der Waals surface area (Å²) in [7, 11) is 1.81. The van der Waals surface area contributed by atoms with Gasteiger partial charge in [-0.25, -0.2) is 10.2 Å². The van der Waals surface area contributed by atoms with Crippen LogP contribution in [0, 0.1) is 0 Å². The Hall–Kier alpha value is -1.71. The molecule has 0 aliphatic rings. The zero-order valence-electron chi connectivity index (χ0n) is 9.16. The van der Waals surface area contributed by atoms with E-state index in [1.165, 1.54) is 0 Å². The van der Waals surface area contributed by atoms with Gasteiger partial charge in [-0.3, -0.25) is 5.01 Å². The highest BCUT2D eigenvalue weighted by Crippen LogP contribution is 2.07. The van der Waals surface area contributed by atoms with E-state index in [1.807, 2.05) is 37.3 Å². The lowest BCUT2D eigenvalue weighted by molar-refractivity contribution is 0.240. The van der Waals surface area contributed by atoms with Crippen molar-refractivity contribution in [2.75, 3.05) is 18.6 Å². The number of anilines is 1. The summed E-state index contributed by atoms with van der Waals surface area (Å²) in [6.45, 7) is 2.70. The third kappa shape index (κ3) is 3.89. The van der Waals surface area contributed by atoms with Gasteiger partial charge in [-0.1, -0.05) is 25.1 Å². The fourth-order valence-corrected chi connectivity index (χ4v) is 1.15. The molecule has 0 atom stereocenters. The third-order valence-electron chi connectivity index (χ3n) is 1.95. The van der Waals surface area contributed by atoms with E-state index in [2.05, 4.69) is 10.7 Å². The van der Waals surface area contributed by atoms with E-state index in [4.69, 9.17) is 0 Å². The second-order valence-corrected chi connectivity index (χ2v) is 3.26. The van der Waals surface area contributed by atoms with Crippen LogP contribution in [0.4, 0.5) is 10.5 Å². The second-order valence-electron chi connectivity index (χ2n) is 3.26. The number of urea groups is 1. The van der Waals surface area contributed by atoms with Crippen molar-refractivity contribution in [2.24, 2.45) is 0 Å². The number of rotatable bonds is 4. The first-order valence-electron chi connectivity index (χ1n) is 5.07. The van der Waals surface area contributed by atoms with Crippen molar-refractivity contribution >= 4 is 11.7 Å². The van der Waals surface area contributed by atoms with Crippen LogP contribution < -0.4 is 15.8 Å². The molecule has 0 saturated heterocycles. The maximum Gasteiger partial charge on any atom is 0.333 e. The van der Waals surface area contributed by atoms with Gasteiger partial charge in [0.05, 0.1) is 5.69 Å². The predicted octanol–water partition coefficient (Wildman–Crippen LogP) is 1.75. The van der Waals surface area contributed by atoms with E-state index in [1.54, 1.807) is 12.1 Å². The molecule has 0 fully saturated rings. The summed E-state index contributed by atoms with van der Waals surface area (Å²) in [5.41, 5.74) is 3.66. The van der Waals surface area contributed by atoms with Crippen molar-refractivity contribution in [3.8, 4) is 0 Å². The maximum absolute atomic E-state index is 11.3. The molecule has 0 spiro atoms. The van der Waals surface area contributed by atoms with Crippen LogP contribution in [0.3, 0.4) is 0 Å². The molecule has 0 bridgehead atoms. The van der Waals surface area contributed by atoms with Crippen LogP contribution in [-0.2, 0) is 0 Å². The third-order valence-corrected chi connectivity index (χ3v) is 1.95. The average Bonchev–Trinajstić information content (AvgIpc) is 2.27. The van der Waals surface area contributed by atoms with Gasteiger partial charge in [-0.05, 0) is 18.6 Å². The molecule has 0 heterocycles. The number of hydrogen-bond acceptors (Lipinski definition) is 2. The minimum Gasteiger partial charge on any atom is -0.337 e. The highest BCUT2D eigenvalue weighted by molar-refractivity contribution is 5.75. The summed E-state index contributed by atoms with van der Waals surface area (Å²) in [6.07, 6.45) is 0.933. The molecule has 82 valence electrons. The highest BCUT2D eigenvalue weighted by Gasteiger charge is 2.03. The van der Waals surface area contributed by atoms with Gasteiger partial charge in [0, 0.05) is 13.6 Å². The number of hydrogen-bond donors (Lipinski definition) is 2. The molecule has 0 aliphatic carbocycles. The summed E-state index contributed by atoms with van der Waals surface area (Å²) in [5.74, 6) is 0.